The van der Waals surface area contributed by atoms with Gasteiger partial charge in [0.05, 0.1) is 6.54 Å². The van der Waals surface area contributed by atoms with E-state index in [0.29, 0.717) is 12.5 Å². The molecule has 8 heteroatoms. The number of hydrogen-bond donors (Lipinski definition) is 2. The highest BCUT2D eigenvalue weighted by Gasteiger charge is 2.16. The van der Waals surface area contributed by atoms with Crippen LogP contribution in [0.2, 0.25) is 0 Å². The number of hydrogen-bond acceptors (Lipinski definition) is 5. The first-order valence-electron chi connectivity index (χ1n) is 11.1. The molecule has 0 aliphatic carbocycles. The highest BCUT2D eigenvalue weighted by Crippen LogP contribution is 2.14. The maximum atomic E-state index is 5.62. The fourth-order valence-corrected chi connectivity index (χ4v) is 3.20. The lowest BCUT2D eigenvalue weighted by atomic mass is 10.2. The van der Waals surface area contributed by atoms with Crippen molar-refractivity contribution < 1.29 is 4.74 Å². The highest BCUT2D eigenvalue weighted by molar-refractivity contribution is 14.0. The van der Waals surface area contributed by atoms with Gasteiger partial charge in [0.25, 0.3) is 0 Å². The summed E-state index contributed by atoms with van der Waals surface area (Å²) in [5, 5.41) is 6.68. The Morgan fingerprint density at radius 3 is 2.53 bits per heavy atom. The summed E-state index contributed by atoms with van der Waals surface area (Å²) >= 11 is 0. The number of guanidine groups is 1. The number of pyridine rings is 1. The Labute approximate surface area is 200 Å². The zero-order valence-corrected chi connectivity index (χ0v) is 21.5. The molecule has 1 fully saturated rings. The Kier molecular flexibility index (Phi) is 14.0. The topological polar surface area (TPSA) is 65.0 Å². The van der Waals surface area contributed by atoms with E-state index in [1.807, 2.05) is 6.20 Å². The summed E-state index contributed by atoms with van der Waals surface area (Å²) in [5.74, 6) is 2.50. The van der Waals surface area contributed by atoms with Crippen molar-refractivity contribution in [2.75, 3.05) is 63.9 Å². The molecule has 0 saturated carbocycles. The summed E-state index contributed by atoms with van der Waals surface area (Å²) < 4.78 is 5.62. The third-order valence-corrected chi connectivity index (χ3v) is 4.93. The molecule has 30 heavy (non-hydrogen) atoms. The molecule has 0 unspecified atom stereocenters. The van der Waals surface area contributed by atoms with Gasteiger partial charge in [-0.3, -0.25) is 0 Å². The first-order valence-corrected chi connectivity index (χ1v) is 11.1. The molecule has 7 nitrogen and oxygen atoms in total. The van der Waals surface area contributed by atoms with Crippen molar-refractivity contribution in [3.8, 4) is 0 Å². The number of rotatable bonds is 11. The van der Waals surface area contributed by atoms with E-state index in [-0.39, 0.29) is 24.0 Å². The van der Waals surface area contributed by atoms with Crippen LogP contribution in [0.1, 0.15) is 39.7 Å². The number of nitrogens with zero attached hydrogens (tertiary/aromatic N) is 4. The zero-order valence-electron chi connectivity index (χ0n) is 19.2. The van der Waals surface area contributed by atoms with E-state index in [9.17, 15) is 0 Å². The van der Waals surface area contributed by atoms with Gasteiger partial charge in [-0.15, -0.1) is 24.0 Å². The molecule has 0 amide bonds. The Bertz CT molecular complexity index is 588. The van der Waals surface area contributed by atoms with Crippen LogP contribution in [0.4, 0.5) is 5.82 Å². The molecule has 0 atom stereocenters. The van der Waals surface area contributed by atoms with E-state index in [1.165, 1.54) is 0 Å². The molecule has 0 bridgehead atoms. The van der Waals surface area contributed by atoms with Crippen LogP contribution in [-0.4, -0.2) is 74.9 Å². The Hall–Kier alpha value is -1.13. The smallest absolute Gasteiger partial charge is 0.191 e. The Balaban J connectivity index is 0.00000450. The van der Waals surface area contributed by atoms with Crippen LogP contribution in [0.25, 0.3) is 0 Å². The molecule has 172 valence electrons. The van der Waals surface area contributed by atoms with Crippen LogP contribution in [0.3, 0.4) is 0 Å². The minimum Gasteiger partial charge on any atom is -0.381 e. The third-order valence-electron chi connectivity index (χ3n) is 4.93. The molecule has 1 aromatic heterocycles. The maximum Gasteiger partial charge on any atom is 0.191 e. The van der Waals surface area contributed by atoms with Gasteiger partial charge in [-0.2, -0.15) is 0 Å². The predicted octanol–water partition coefficient (Wildman–Crippen LogP) is 2.96. The van der Waals surface area contributed by atoms with E-state index in [4.69, 9.17) is 4.74 Å². The summed E-state index contributed by atoms with van der Waals surface area (Å²) in [6, 6.07) is 4.26. The van der Waals surface area contributed by atoms with E-state index in [2.05, 4.69) is 70.2 Å². The summed E-state index contributed by atoms with van der Waals surface area (Å²) in [6.07, 6.45) is 2.92. The fourth-order valence-electron chi connectivity index (χ4n) is 3.20. The zero-order chi connectivity index (χ0) is 20.9. The SMILES string of the molecule is CCNC(=NCc1ccc(N2CCN(CC)CC2)nc1)NCCCOCC(C)C.I. The molecule has 2 rings (SSSR count). The van der Waals surface area contributed by atoms with Crippen LogP contribution >= 0.6 is 24.0 Å². The van der Waals surface area contributed by atoms with Crippen molar-refractivity contribution in [1.82, 2.24) is 20.5 Å². The second-order valence-electron chi connectivity index (χ2n) is 7.89. The lowest BCUT2D eigenvalue weighted by Crippen LogP contribution is -2.46. The monoisotopic (exact) mass is 532 g/mol. The average Bonchev–Trinajstić information content (AvgIpc) is 2.74. The third kappa shape index (κ3) is 10.3. The molecule has 1 aliphatic rings. The molecule has 0 radical (unpaired) electrons. The molecular formula is C22H41IN6O. The molecule has 0 spiro atoms. The van der Waals surface area contributed by atoms with Gasteiger partial charge >= 0.3 is 0 Å². The summed E-state index contributed by atoms with van der Waals surface area (Å²) in [5.41, 5.74) is 1.12. The molecule has 1 aliphatic heterocycles. The van der Waals surface area contributed by atoms with Gasteiger partial charge in [-0.1, -0.05) is 26.8 Å². The van der Waals surface area contributed by atoms with Crippen molar-refractivity contribution >= 4 is 35.8 Å². The Morgan fingerprint density at radius 2 is 1.93 bits per heavy atom. The van der Waals surface area contributed by atoms with Crippen LogP contribution in [0.15, 0.2) is 23.3 Å². The summed E-state index contributed by atoms with van der Waals surface area (Å²) in [6.45, 7) is 18.0. The van der Waals surface area contributed by atoms with Crippen molar-refractivity contribution in [2.45, 2.75) is 40.7 Å². The summed E-state index contributed by atoms with van der Waals surface area (Å²) in [7, 11) is 0. The molecule has 1 saturated heterocycles. The van der Waals surface area contributed by atoms with Crippen molar-refractivity contribution in [1.29, 1.82) is 0 Å². The van der Waals surface area contributed by atoms with Gasteiger partial charge in [0.1, 0.15) is 5.82 Å². The lowest BCUT2D eigenvalue weighted by Gasteiger charge is -2.34. The van der Waals surface area contributed by atoms with E-state index >= 15 is 0 Å². The van der Waals surface area contributed by atoms with E-state index in [1.54, 1.807) is 0 Å². The van der Waals surface area contributed by atoms with Crippen molar-refractivity contribution in [2.24, 2.45) is 10.9 Å². The average molecular weight is 533 g/mol. The second-order valence-corrected chi connectivity index (χ2v) is 7.89. The van der Waals surface area contributed by atoms with Gasteiger partial charge in [0.15, 0.2) is 5.96 Å². The minimum atomic E-state index is 0. The largest absolute Gasteiger partial charge is 0.381 e. The number of anilines is 1. The van der Waals surface area contributed by atoms with Crippen LogP contribution in [0.5, 0.6) is 0 Å². The quantitative estimate of drug-likeness (QED) is 0.198. The number of halogens is 1. The van der Waals surface area contributed by atoms with Crippen LogP contribution in [-0.2, 0) is 11.3 Å². The van der Waals surface area contributed by atoms with Gasteiger partial charge in [-0.25, -0.2) is 9.98 Å². The number of nitrogens with one attached hydrogen (secondary N) is 2. The summed E-state index contributed by atoms with van der Waals surface area (Å²) in [4.78, 5) is 14.2. The normalized spacial score (nSPS) is 15.2. The van der Waals surface area contributed by atoms with Gasteiger partial charge in [0, 0.05) is 58.7 Å². The van der Waals surface area contributed by atoms with Crippen molar-refractivity contribution in [3.63, 3.8) is 0 Å². The number of likely N-dealkylation sites (N-methyl/N-ethyl adjacent to an activating group) is 1. The molecule has 1 aromatic rings. The maximum absolute atomic E-state index is 5.62. The Morgan fingerprint density at radius 1 is 1.17 bits per heavy atom. The second kappa shape index (κ2) is 15.6. The van der Waals surface area contributed by atoms with Crippen LogP contribution < -0.4 is 15.5 Å². The number of aliphatic imine (C=N–C) groups is 1. The molecule has 2 heterocycles. The molecule has 0 aromatic carbocycles. The molecular weight excluding hydrogens is 491 g/mol. The van der Waals surface area contributed by atoms with Crippen LogP contribution in [0, 0.1) is 5.92 Å². The molecule has 2 N–H and O–H groups in total. The van der Waals surface area contributed by atoms with Gasteiger partial charge in [-0.05, 0) is 37.4 Å². The first-order chi connectivity index (χ1) is 14.1. The number of aromatic nitrogens is 1. The van der Waals surface area contributed by atoms with E-state index < -0.39 is 0 Å². The van der Waals surface area contributed by atoms with E-state index in [0.717, 1.165) is 82.8 Å². The number of piperazine rings is 1. The van der Waals surface area contributed by atoms with Crippen molar-refractivity contribution in [3.05, 3.63) is 23.9 Å². The minimum absolute atomic E-state index is 0. The van der Waals surface area contributed by atoms with Gasteiger partial charge in [0.2, 0.25) is 0 Å². The lowest BCUT2D eigenvalue weighted by molar-refractivity contribution is 0.108. The highest BCUT2D eigenvalue weighted by atomic mass is 127. The fraction of sp³-hybridized carbons (Fsp3) is 0.727. The predicted molar refractivity (Wildman–Crippen MR) is 137 cm³/mol. The first kappa shape index (κ1) is 26.9. The van der Waals surface area contributed by atoms with Gasteiger partial charge < -0.3 is 25.2 Å². The number of ether oxygens (including phenoxy) is 1. The standard InChI is InChI=1S/C22H40N6O.HI/c1-5-23-22(24-10-7-15-29-18-19(3)4)26-17-20-8-9-21(25-16-20)28-13-11-27(6-2)12-14-28;/h8-9,16,19H,5-7,10-15,17-18H2,1-4H3,(H2,23,24,26);1H.